The van der Waals surface area contributed by atoms with Crippen LogP contribution in [0.1, 0.15) is 43.4 Å². The Morgan fingerprint density at radius 3 is 2.18 bits per heavy atom. The molecule has 0 fully saturated rings. The largest absolute Gasteiger partial charge is 0.481 e. The fraction of sp³-hybridized carbons (Fsp3) is 0.348. The number of carbonyl (C=O) groups is 1. The lowest BCUT2D eigenvalue weighted by Gasteiger charge is -2.45. The van der Waals surface area contributed by atoms with Gasteiger partial charge in [0.25, 0.3) is 0 Å². The first-order valence-corrected chi connectivity index (χ1v) is 9.44. The van der Waals surface area contributed by atoms with E-state index in [9.17, 15) is 18.7 Å². The lowest BCUT2D eigenvalue weighted by Crippen LogP contribution is -2.58. The van der Waals surface area contributed by atoms with Crippen molar-refractivity contribution in [1.82, 2.24) is 0 Å². The molecule has 1 aliphatic carbocycles. The molecule has 4 rings (SSSR count). The SMILES string of the molecule is CC(C)=CC1(C2(C(=O)O)Cc3c(F)ccc(F)c3C2)Nc2ccccc2C1C. The number of aliphatic carboxylic acids is 1. The van der Waals surface area contributed by atoms with Crippen LogP contribution in [0.5, 0.6) is 0 Å². The molecule has 2 N–H and O–H groups in total. The van der Waals surface area contributed by atoms with Gasteiger partial charge in [-0.15, -0.1) is 0 Å². The molecule has 28 heavy (non-hydrogen) atoms. The molecule has 2 atom stereocenters. The first kappa shape index (κ1) is 18.7. The summed E-state index contributed by atoms with van der Waals surface area (Å²) >= 11 is 0. The molecule has 0 saturated carbocycles. The Bertz CT molecular complexity index is 979. The van der Waals surface area contributed by atoms with Crippen molar-refractivity contribution in [3.05, 3.63) is 76.4 Å². The maximum Gasteiger partial charge on any atom is 0.313 e. The number of hydrogen-bond donors (Lipinski definition) is 2. The van der Waals surface area contributed by atoms with Gasteiger partial charge >= 0.3 is 5.97 Å². The average molecular weight is 383 g/mol. The summed E-state index contributed by atoms with van der Waals surface area (Å²) in [5.41, 5.74) is 0.767. The molecule has 2 unspecified atom stereocenters. The van der Waals surface area contributed by atoms with Crippen molar-refractivity contribution in [2.45, 2.75) is 45.1 Å². The summed E-state index contributed by atoms with van der Waals surface area (Å²) < 4.78 is 29.0. The lowest BCUT2D eigenvalue weighted by atomic mass is 9.61. The Hall–Kier alpha value is -2.69. The molecule has 0 spiro atoms. The molecule has 2 aromatic rings. The molecule has 3 nitrogen and oxygen atoms in total. The Morgan fingerprint density at radius 1 is 1.11 bits per heavy atom. The van der Waals surface area contributed by atoms with E-state index in [2.05, 4.69) is 5.32 Å². The Kier molecular flexibility index (Phi) is 4.11. The lowest BCUT2D eigenvalue weighted by molar-refractivity contribution is -0.151. The summed E-state index contributed by atoms with van der Waals surface area (Å²) in [7, 11) is 0. The molecule has 0 radical (unpaired) electrons. The average Bonchev–Trinajstić information content (AvgIpc) is 3.18. The highest BCUT2D eigenvalue weighted by atomic mass is 19.1. The minimum atomic E-state index is -1.41. The fourth-order valence-corrected chi connectivity index (χ4v) is 5.16. The number of benzene rings is 2. The van der Waals surface area contributed by atoms with Crippen molar-refractivity contribution in [2.75, 3.05) is 5.32 Å². The van der Waals surface area contributed by atoms with Crippen LogP contribution < -0.4 is 5.32 Å². The molecule has 0 saturated heterocycles. The first-order valence-electron chi connectivity index (χ1n) is 9.44. The number of carboxylic acids is 1. The third-order valence-corrected chi connectivity index (χ3v) is 6.44. The summed E-state index contributed by atoms with van der Waals surface area (Å²) in [6.07, 6.45) is 1.82. The van der Waals surface area contributed by atoms with Gasteiger partial charge in [-0.1, -0.05) is 36.8 Å². The minimum absolute atomic E-state index is 0.0592. The van der Waals surface area contributed by atoms with Crippen molar-refractivity contribution in [1.29, 1.82) is 0 Å². The Labute approximate surface area is 163 Å². The molecular formula is C23H23F2NO2. The van der Waals surface area contributed by atoms with E-state index >= 15 is 0 Å². The zero-order valence-electron chi connectivity index (χ0n) is 16.1. The van der Waals surface area contributed by atoms with Gasteiger partial charge in [-0.05, 0) is 61.6 Å². The second-order valence-electron chi connectivity index (χ2n) is 8.25. The zero-order valence-corrected chi connectivity index (χ0v) is 16.1. The topological polar surface area (TPSA) is 49.3 Å². The van der Waals surface area contributed by atoms with Gasteiger partial charge in [-0.3, -0.25) is 4.79 Å². The second-order valence-corrected chi connectivity index (χ2v) is 8.25. The fourth-order valence-electron chi connectivity index (χ4n) is 5.16. The van der Waals surface area contributed by atoms with Crippen molar-refractivity contribution >= 4 is 11.7 Å². The molecule has 5 heteroatoms. The Balaban J connectivity index is 1.96. The summed E-state index contributed by atoms with van der Waals surface area (Å²) in [6.45, 7) is 5.81. The van der Waals surface area contributed by atoms with Crippen LogP contribution in [0.15, 0.2) is 48.0 Å². The van der Waals surface area contributed by atoms with Gasteiger partial charge in [-0.2, -0.15) is 0 Å². The standard InChI is InChI=1S/C23H23F2NO2/c1-13(2)10-23(14(3)15-6-4-5-7-20(15)26-23)22(21(27)28)11-16-17(12-22)19(25)9-8-18(16)24/h4-10,14,26H,11-12H2,1-3H3,(H,27,28). The van der Waals surface area contributed by atoms with E-state index in [1.54, 1.807) is 0 Å². The predicted octanol–water partition coefficient (Wildman–Crippen LogP) is 5.07. The number of para-hydroxylation sites is 1. The first-order chi connectivity index (χ1) is 13.2. The number of halogens is 2. The van der Waals surface area contributed by atoms with E-state index in [-0.39, 0.29) is 29.9 Å². The summed E-state index contributed by atoms with van der Waals surface area (Å²) in [5, 5.41) is 13.9. The highest BCUT2D eigenvalue weighted by molar-refractivity contribution is 5.83. The van der Waals surface area contributed by atoms with E-state index in [0.29, 0.717) is 0 Å². The summed E-state index contributed by atoms with van der Waals surface area (Å²) in [5.74, 6) is -2.33. The van der Waals surface area contributed by atoms with E-state index in [1.807, 2.05) is 51.1 Å². The van der Waals surface area contributed by atoms with Gasteiger partial charge < -0.3 is 10.4 Å². The highest BCUT2D eigenvalue weighted by Gasteiger charge is 2.63. The molecule has 146 valence electrons. The summed E-state index contributed by atoms with van der Waals surface area (Å²) in [6, 6.07) is 9.89. The van der Waals surface area contributed by atoms with E-state index in [1.165, 1.54) is 0 Å². The van der Waals surface area contributed by atoms with Crippen LogP contribution in [-0.2, 0) is 17.6 Å². The van der Waals surface area contributed by atoms with Crippen molar-refractivity contribution < 1.29 is 18.7 Å². The number of rotatable bonds is 3. The van der Waals surface area contributed by atoms with Crippen LogP contribution in [0, 0.1) is 17.0 Å². The second kappa shape index (κ2) is 6.16. The van der Waals surface area contributed by atoms with Crippen LogP contribution in [0.3, 0.4) is 0 Å². The van der Waals surface area contributed by atoms with Gasteiger partial charge in [0.05, 0.1) is 5.54 Å². The van der Waals surface area contributed by atoms with Gasteiger partial charge in [0.1, 0.15) is 17.0 Å². The molecule has 0 amide bonds. The minimum Gasteiger partial charge on any atom is -0.481 e. The van der Waals surface area contributed by atoms with E-state index in [4.69, 9.17) is 0 Å². The van der Waals surface area contributed by atoms with Gasteiger partial charge in [0.2, 0.25) is 0 Å². The zero-order chi connectivity index (χ0) is 20.3. The van der Waals surface area contributed by atoms with Crippen LogP contribution in [-0.4, -0.2) is 16.6 Å². The molecule has 0 bridgehead atoms. The van der Waals surface area contributed by atoms with Gasteiger partial charge in [-0.25, -0.2) is 8.78 Å². The third-order valence-electron chi connectivity index (χ3n) is 6.44. The maximum absolute atomic E-state index is 14.5. The third kappa shape index (κ3) is 2.35. The van der Waals surface area contributed by atoms with Crippen molar-refractivity contribution in [3.63, 3.8) is 0 Å². The normalized spacial score (nSPS) is 24.2. The monoisotopic (exact) mass is 383 g/mol. The number of allylic oxidation sites excluding steroid dienone is 1. The Morgan fingerprint density at radius 2 is 1.68 bits per heavy atom. The molecular weight excluding hydrogens is 360 g/mol. The summed E-state index contributed by atoms with van der Waals surface area (Å²) in [4.78, 5) is 12.8. The number of nitrogens with one attached hydrogen (secondary N) is 1. The molecule has 2 aromatic carbocycles. The predicted molar refractivity (Wildman–Crippen MR) is 104 cm³/mol. The number of anilines is 1. The quantitative estimate of drug-likeness (QED) is 0.728. The van der Waals surface area contributed by atoms with Crippen LogP contribution in [0.2, 0.25) is 0 Å². The van der Waals surface area contributed by atoms with Crippen LogP contribution in [0.25, 0.3) is 0 Å². The maximum atomic E-state index is 14.5. The van der Waals surface area contributed by atoms with E-state index < -0.39 is 28.6 Å². The van der Waals surface area contributed by atoms with E-state index in [0.717, 1.165) is 29.0 Å². The number of carboxylic acid groups (broad SMARTS) is 1. The smallest absolute Gasteiger partial charge is 0.313 e. The number of hydrogen-bond acceptors (Lipinski definition) is 2. The van der Waals surface area contributed by atoms with Crippen molar-refractivity contribution in [2.24, 2.45) is 5.41 Å². The van der Waals surface area contributed by atoms with Crippen LogP contribution >= 0.6 is 0 Å². The number of fused-ring (bicyclic) bond motifs is 2. The van der Waals surface area contributed by atoms with Gasteiger partial charge in [0, 0.05) is 11.6 Å². The van der Waals surface area contributed by atoms with Crippen molar-refractivity contribution in [3.8, 4) is 0 Å². The van der Waals surface area contributed by atoms with Gasteiger partial charge in [0.15, 0.2) is 0 Å². The molecule has 2 aliphatic rings. The molecule has 1 heterocycles. The molecule has 0 aromatic heterocycles. The highest BCUT2D eigenvalue weighted by Crippen LogP contribution is 2.58. The molecule has 1 aliphatic heterocycles. The van der Waals surface area contributed by atoms with Crippen LogP contribution in [0.4, 0.5) is 14.5 Å².